The molecule has 0 aromatic rings. The lowest BCUT2D eigenvalue weighted by molar-refractivity contribution is -0.128. The number of carbonyl (C=O) groups excluding carboxylic acids is 1. The second-order valence-corrected chi connectivity index (χ2v) is 5.72. The van der Waals surface area contributed by atoms with Crippen molar-refractivity contribution in [3.63, 3.8) is 0 Å². The summed E-state index contributed by atoms with van der Waals surface area (Å²) in [7, 11) is 1.64. The first-order valence-electron chi connectivity index (χ1n) is 7.02. The first-order chi connectivity index (χ1) is 10.2. The van der Waals surface area contributed by atoms with Gasteiger partial charge in [-0.2, -0.15) is 0 Å². The van der Waals surface area contributed by atoms with Crippen LogP contribution < -0.4 is 0 Å². The molecule has 2 rings (SSSR count). The number of carbonyl (C=O) groups is 1. The van der Waals surface area contributed by atoms with Crippen molar-refractivity contribution >= 4 is 29.1 Å². The Bertz CT molecular complexity index is 474. The topological polar surface area (TPSA) is 32.8 Å². The van der Waals surface area contributed by atoms with Gasteiger partial charge in [-0.1, -0.05) is 11.6 Å². The van der Waals surface area contributed by atoms with Crippen molar-refractivity contribution in [1.29, 1.82) is 0 Å². The van der Waals surface area contributed by atoms with Crippen molar-refractivity contribution in [3.05, 3.63) is 35.0 Å². The molecule has 1 unspecified atom stereocenters. The predicted molar refractivity (Wildman–Crippen MR) is 85.4 cm³/mol. The van der Waals surface area contributed by atoms with E-state index in [2.05, 4.69) is 4.90 Å². The van der Waals surface area contributed by atoms with Crippen molar-refractivity contribution in [2.24, 2.45) is 0 Å². The maximum absolute atomic E-state index is 11.7. The van der Waals surface area contributed by atoms with E-state index in [4.69, 9.17) is 27.9 Å². The smallest absolute Gasteiger partial charge is 0.237 e. The lowest BCUT2D eigenvalue weighted by Gasteiger charge is -2.24. The van der Waals surface area contributed by atoms with E-state index >= 15 is 0 Å². The number of hydrogen-bond donors (Lipinski definition) is 0. The number of ether oxygens (including phenoxy) is 1. The van der Waals surface area contributed by atoms with Crippen LogP contribution >= 0.6 is 23.2 Å². The van der Waals surface area contributed by atoms with Gasteiger partial charge in [-0.15, -0.1) is 11.6 Å². The molecule has 0 bridgehead atoms. The summed E-state index contributed by atoms with van der Waals surface area (Å²) in [4.78, 5) is 15.8. The third-order valence-electron chi connectivity index (χ3n) is 3.71. The van der Waals surface area contributed by atoms with E-state index in [9.17, 15) is 4.79 Å². The number of rotatable bonds is 3. The predicted octanol–water partition coefficient (Wildman–Crippen LogP) is 2.35. The summed E-state index contributed by atoms with van der Waals surface area (Å²) in [5.74, 6) is 0.0579. The van der Waals surface area contributed by atoms with Gasteiger partial charge in [-0.25, -0.2) is 0 Å². The Balaban J connectivity index is 2.04. The Kier molecular flexibility index (Phi) is 6.15. The lowest BCUT2D eigenvalue weighted by Crippen LogP contribution is -2.35. The minimum absolute atomic E-state index is 0.00583. The molecule has 0 spiro atoms. The van der Waals surface area contributed by atoms with Crippen LogP contribution in [0.4, 0.5) is 0 Å². The summed E-state index contributed by atoms with van der Waals surface area (Å²) in [5, 5.41) is 0.664. The van der Waals surface area contributed by atoms with Gasteiger partial charge in [0, 0.05) is 39.0 Å². The average molecular weight is 331 g/mol. The molecular formula is C15H20Cl2N2O2. The zero-order chi connectivity index (χ0) is 15.2. The summed E-state index contributed by atoms with van der Waals surface area (Å²) in [6.45, 7) is 3.16. The molecule has 0 N–H and O–H groups in total. The van der Waals surface area contributed by atoms with Crippen molar-refractivity contribution in [2.75, 3.05) is 39.2 Å². The summed E-state index contributed by atoms with van der Waals surface area (Å²) in [6.07, 6.45) is 8.58. The summed E-state index contributed by atoms with van der Waals surface area (Å²) in [5.41, 5.74) is 1.09. The van der Waals surface area contributed by atoms with E-state index in [0.29, 0.717) is 11.6 Å². The Hall–Kier alpha value is -0.970. The molecule has 2 aliphatic rings. The fourth-order valence-corrected chi connectivity index (χ4v) is 2.90. The molecule has 0 radical (unpaired) electrons. The van der Waals surface area contributed by atoms with Crippen molar-refractivity contribution in [3.8, 4) is 0 Å². The van der Waals surface area contributed by atoms with Gasteiger partial charge >= 0.3 is 0 Å². The maximum atomic E-state index is 11.7. The third-order valence-corrected chi connectivity index (χ3v) is 4.28. The normalized spacial score (nSPS) is 23.3. The molecular weight excluding hydrogens is 311 g/mol. The monoisotopic (exact) mass is 330 g/mol. The van der Waals surface area contributed by atoms with Crippen molar-refractivity contribution < 1.29 is 9.53 Å². The Morgan fingerprint density at radius 2 is 2.14 bits per heavy atom. The molecule has 4 nitrogen and oxygen atoms in total. The lowest BCUT2D eigenvalue weighted by atomic mass is 10.3. The maximum Gasteiger partial charge on any atom is 0.237 e. The fraction of sp³-hybridized carbons (Fsp3) is 0.533. The molecule has 0 aromatic carbocycles. The minimum Gasteiger partial charge on any atom is -0.372 e. The Morgan fingerprint density at radius 3 is 2.86 bits per heavy atom. The van der Waals surface area contributed by atoms with Gasteiger partial charge in [0.15, 0.2) is 0 Å². The van der Waals surface area contributed by atoms with Crippen LogP contribution in [0, 0.1) is 0 Å². The van der Waals surface area contributed by atoms with E-state index in [-0.39, 0.29) is 17.9 Å². The standard InChI is InChI=1S/C15H20Cl2N2O2/c1-21-14-6-4-12(3-5-13(14)17)18-7-2-8-19(10-9-18)15(20)11-16/h3-6,14H,2,7-11H2,1H3. The summed E-state index contributed by atoms with van der Waals surface area (Å²) < 4.78 is 5.30. The van der Waals surface area contributed by atoms with E-state index in [1.165, 1.54) is 0 Å². The van der Waals surface area contributed by atoms with E-state index < -0.39 is 0 Å². The molecule has 6 heteroatoms. The fourth-order valence-electron chi connectivity index (χ4n) is 2.50. The summed E-state index contributed by atoms with van der Waals surface area (Å²) >= 11 is 11.8. The molecule has 116 valence electrons. The second-order valence-electron chi connectivity index (χ2n) is 5.01. The molecule has 1 amide bonds. The SMILES string of the molecule is COC1C=CC(N2CCCN(C(=O)CCl)CC2)=CC=C1Cl. The van der Waals surface area contributed by atoms with Gasteiger partial charge < -0.3 is 14.5 Å². The number of allylic oxidation sites excluding steroid dienone is 3. The van der Waals surface area contributed by atoms with Gasteiger partial charge in [0.25, 0.3) is 0 Å². The third kappa shape index (κ3) is 4.25. The largest absolute Gasteiger partial charge is 0.372 e. The highest BCUT2D eigenvalue weighted by Gasteiger charge is 2.20. The van der Waals surface area contributed by atoms with Crippen LogP contribution in [-0.4, -0.2) is 61.0 Å². The van der Waals surface area contributed by atoms with Crippen LogP contribution in [0.15, 0.2) is 35.0 Å². The minimum atomic E-state index is -0.193. The molecule has 1 heterocycles. The first-order valence-corrected chi connectivity index (χ1v) is 7.94. The highest BCUT2D eigenvalue weighted by atomic mass is 35.5. The number of methoxy groups -OCH3 is 1. The highest BCUT2D eigenvalue weighted by molar-refractivity contribution is 6.30. The molecule has 1 fully saturated rings. The van der Waals surface area contributed by atoms with Gasteiger partial charge in [-0.3, -0.25) is 4.79 Å². The van der Waals surface area contributed by atoms with Gasteiger partial charge in [0.1, 0.15) is 12.0 Å². The number of amides is 1. The van der Waals surface area contributed by atoms with Crippen LogP contribution in [-0.2, 0) is 9.53 Å². The quantitative estimate of drug-likeness (QED) is 0.745. The molecule has 1 aliphatic heterocycles. The van der Waals surface area contributed by atoms with Crippen LogP contribution in [0.3, 0.4) is 0 Å². The summed E-state index contributed by atoms with van der Waals surface area (Å²) in [6, 6.07) is 0. The van der Waals surface area contributed by atoms with E-state index in [1.807, 2.05) is 29.2 Å². The number of nitrogens with zero attached hydrogens (tertiary/aromatic N) is 2. The van der Waals surface area contributed by atoms with Crippen LogP contribution in [0.25, 0.3) is 0 Å². The van der Waals surface area contributed by atoms with Crippen LogP contribution in [0.1, 0.15) is 6.42 Å². The van der Waals surface area contributed by atoms with Crippen molar-refractivity contribution in [2.45, 2.75) is 12.5 Å². The van der Waals surface area contributed by atoms with Crippen molar-refractivity contribution in [1.82, 2.24) is 9.80 Å². The molecule has 0 aromatic heterocycles. The van der Waals surface area contributed by atoms with E-state index in [1.54, 1.807) is 7.11 Å². The molecule has 1 saturated heterocycles. The first kappa shape index (κ1) is 16.4. The number of alkyl halides is 1. The highest BCUT2D eigenvalue weighted by Crippen LogP contribution is 2.20. The molecule has 1 atom stereocenters. The molecule has 0 saturated carbocycles. The Morgan fingerprint density at radius 1 is 1.33 bits per heavy atom. The molecule has 1 aliphatic carbocycles. The number of halogens is 2. The van der Waals surface area contributed by atoms with E-state index in [0.717, 1.165) is 31.8 Å². The van der Waals surface area contributed by atoms with Gasteiger partial charge in [-0.05, 0) is 30.7 Å². The molecule has 21 heavy (non-hydrogen) atoms. The van der Waals surface area contributed by atoms with Gasteiger partial charge in [0.05, 0.1) is 5.03 Å². The average Bonchev–Trinajstić information content (AvgIpc) is 2.84. The second kappa shape index (κ2) is 7.87. The Labute approximate surface area is 135 Å². The van der Waals surface area contributed by atoms with Crippen LogP contribution in [0.2, 0.25) is 0 Å². The van der Waals surface area contributed by atoms with Gasteiger partial charge in [0.2, 0.25) is 5.91 Å². The number of hydrogen-bond acceptors (Lipinski definition) is 3. The zero-order valence-electron chi connectivity index (χ0n) is 12.1. The van der Waals surface area contributed by atoms with Crippen LogP contribution in [0.5, 0.6) is 0 Å². The zero-order valence-corrected chi connectivity index (χ0v) is 13.6.